The van der Waals surface area contributed by atoms with Gasteiger partial charge in [0.2, 0.25) is 0 Å². The van der Waals surface area contributed by atoms with Gasteiger partial charge < -0.3 is 4.74 Å². The minimum Gasteiger partial charge on any atom is -0.492 e. The lowest BCUT2D eigenvalue weighted by atomic mass is 10.1. The van der Waals surface area contributed by atoms with E-state index >= 15 is 0 Å². The summed E-state index contributed by atoms with van der Waals surface area (Å²) in [4.78, 5) is 15.7. The molecule has 7 heteroatoms. The zero-order valence-electron chi connectivity index (χ0n) is 12.1. The van der Waals surface area contributed by atoms with Crippen molar-refractivity contribution in [2.45, 2.75) is 6.92 Å². The highest BCUT2D eigenvalue weighted by molar-refractivity contribution is 7.12. The van der Waals surface area contributed by atoms with Crippen molar-refractivity contribution in [1.29, 1.82) is 0 Å². The first-order valence-corrected chi connectivity index (χ1v) is 8.48. The molecular formula is C16H12Cl2N2O2S. The van der Waals surface area contributed by atoms with Crippen LogP contribution in [0.1, 0.15) is 17.4 Å². The fraction of sp³-hybridized carbons (Fsp3) is 0.125. The van der Waals surface area contributed by atoms with Gasteiger partial charge in [0.25, 0.3) is 0 Å². The van der Waals surface area contributed by atoms with Crippen LogP contribution in [-0.4, -0.2) is 22.4 Å². The number of hydrogen-bond acceptors (Lipinski definition) is 4. The molecule has 0 unspecified atom stereocenters. The van der Waals surface area contributed by atoms with Crippen molar-refractivity contribution < 1.29 is 9.53 Å². The van der Waals surface area contributed by atoms with Crippen molar-refractivity contribution in [2.24, 2.45) is 0 Å². The monoisotopic (exact) mass is 366 g/mol. The van der Waals surface area contributed by atoms with Gasteiger partial charge >= 0.3 is 0 Å². The van der Waals surface area contributed by atoms with Crippen LogP contribution in [0, 0.1) is 0 Å². The summed E-state index contributed by atoms with van der Waals surface area (Å²) >= 11 is 13.8. The third-order valence-corrected chi connectivity index (χ3v) is 4.51. The normalized spacial score (nSPS) is 10.7. The highest BCUT2D eigenvalue weighted by Gasteiger charge is 2.16. The van der Waals surface area contributed by atoms with E-state index in [4.69, 9.17) is 27.9 Å². The molecule has 0 atom stereocenters. The Bertz CT molecular complexity index is 858. The van der Waals surface area contributed by atoms with Gasteiger partial charge in [-0.2, -0.15) is 0 Å². The molecule has 2 heterocycles. The Hall–Kier alpha value is -1.82. The average molecular weight is 367 g/mol. The molecule has 2 aromatic heterocycles. The second kappa shape index (κ2) is 6.74. The standard InChI is InChI=1S/C16H12Cl2N2O2S/c1-2-22-15-12(6-10(17)7-13(15)18)14-9-23-16(19-14)20-5-3-4-11(20)8-21/h3-9H,2H2,1H3. The number of carbonyl (C=O) groups excluding carboxylic acids is 1. The third-order valence-electron chi connectivity index (χ3n) is 3.17. The maximum Gasteiger partial charge on any atom is 0.194 e. The molecule has 0 aliphatic rings. The van der Waals surface area contributed by atoms with Gasteiger partial charge in [-0.3, -0.25) is 9.36 Å². The second-order valence-electron chi connectivity index (χ2n) is 4.63. The molecular weight excluding hydrogens is 355 g/mol. The maximum atomic E-state index is 11.1. The molecule has 0 radical (unpaired) electrons. The van der Waals surface area contributed by atoms with Crippen molar-refractivity contribution >= 4 is 40.8 Å². The topological polar surface area (TPSA) is 44.1 Å². The summed E-state index contributed by atoms with van der Waals surface area (Å²) in [5.41, 5.74) is 1.97. The predicted molar refractivity (Wildman–Crippen MR) is 93.5 cm³/mol. The Labute approximate surface area is 147 Å². The van der Waals surface area contributed by atoms with Gasteiger partial charge in [-0.15, -0.1) is 11.3 Å². The molecule has 0 aliphatic carbocycles. The fourth-order valence-corrected chi connectivity index (χ4v) is 3.58. The van der Waals surface area contributed by atoms with E-state index in [2.05, 4.69) is 4.98 Å². The van der Waals surface area contributed by atoms with E-state index in [1.807, 2.05) is 12.3 Å². The summed E-state index contributed by atoms with van der Waals surface area (Å²) in [7, 11) is 0. The summed E-state index contributed by atoms with van der Waals surface area (Å²) in [6, 6.07) is 6.94. The van der Waals surface area contributed by atoms with Crippen LogP contribution in [0.2, 0.25) is 10.0 Å². The number of halogens is 2. The summed E-state index contributed by atoms with van der Waals surface area (Å²) in [5.74, 6) is 0.554. The van der Waals surface area contributed by atoms with E-state index in [1.54, 1.807) is 35.0 Å². The number of aldehydes is 1. The number of hydrogen-bond donors (Lipinski definition) is 0. The lowest BCUT2D eigenvalue weighted by molar-refractivity contribution is 0.111. The van der Waals surface area contributed by atoms with E-state index in [9.17, 15) is 4.79 Å². The predicted octanol–water partition coefficient (Wildman–Crippen LogP) is 5.12. The number of thiazole rings is 1. The van der Waals surface area contributed by atoms with Crippen LogP contribution in [-0.2, 0) is 0 Å². The summed E-state index contributed by atoms with van der Waals surface area (Å²) in [5, 5.41) is 3.52. The van der Waals surface area contributed by atoms with Crippen molar-refractivity contribution in [3.8, 4) is 22.1 Å². The van der Waals surface area contributed by atoms with Gasteiger partial charge in [0.15, 0.2) is 11.4 Å². The van der Waals surface area contributed by atoms with Gasteiger partial charge in [0, 0.05) is 22.2 Å². The van der Waals surface area contributed by atoms with Crippen LogP contribution in [0.3, 0.4) is 0 Å². The minimum absolute atomic E-state index is 0.443. The van der Waals surface area contributed by atoms with Gasteiger partial charge in [-0.1, -0.05) is 23.2 Å². The van der Waals surface area contributed by atoms with Crippen LogP contribution in [0.15, 0.2) is 35.8 Å². The smallest absolute Gasteiger partial charge is 0.194 e. The molecule has 3 aromatic rings. The molecule has 0 bridgehead atoms. The molecule has 0 amide bonds. The zero-order chi connectivity index (χ0) is 16.4. The summed E-state index contributed by atoms with van der Waals surface area (Å²) in [6.07, 6.45) is 2.59. The van der Waals surface area contributed by atoms with Crippen LogP contribution in [0.4, 0.5) is 0 Å². The van der Waals surface area contributed by atoms with Crippen LogP contribution >= 0.6 is 34.5 Å². The number of nitrogens with zero attached hydrogens (tertiary/aromatic N) is 2. The van der Waals surface area contributed by atoms with Gasteiger partial charge in [-0.25, -0.2) is 4.98 Å². The van der Waals surface area contributed by atoms with E-state index in [0.717, 1.165) is 11.8 Å². The number of benzene rings is 1. The highest BCUT2D eigenvalue weighted by atomic mass is 35.5. The van der Waals surface area contributed by atoms with Crippen LogP contribution in [0.25, 0.3) is 16.4 Å². The number of carbonyl (C=O) groups is 1. The number of rotatable bonds is 5. The first-order valence-electron chi connectivity index (χ1n) is 6.84. The summed E-state index contributed by atoms with van der Waals surface area (Å²) in [6.45, 7) is 2.37. The molecule has 0 aliphatic heterocycles. The molecule has 1 aromatic carbocycles. The number of ether oxygens (including phenoxy) is 1. The van der Waals surface area contributed by atoms with Crippen molar-refractivity contribution in [2.75, 3.05) is 6.61 Å². The lowest BCUT2D eigenvalue weighted by Gasteiger charge is -2.11. The molecule has 4 nitrogen and oxygen atoms in total. The molecule has 23 heavy (non-hydrogen) atoms. The molecule has 118 valence electrons. The fourth-order valence-electron chi connectivity index (χ4n) is 2.20. The van der Waals surface area contributed by atoms with E-state index in [1.165, 1.54) is 11.3 Å². The quantitative estimate of drug-likeness (QED) is 0.588. The van der Waals surface area contributed by atoms with E-state index in [0.29, 0.717) is 38.9 Å². The highest BCUT2D eigenvalue weighted by Crippen LogP contribution is 2.39. The second-order valence-corrected chi connectivity index (χ2v) is 6.31. The molecule has 0 N–H and O–H groups in total. The Balaban J connectivity index is 2.09. The van der Waals surface area contributed by atoms with Crippen LogP contribution in [0.5, 0.6) is 5.75 Å². The first-order chi connectivity index (χ1) is 11.1. The molecule has 0 saturated carbocycles. The van der Waals surface area contributed by atoms with E-state index < -0.39 is 0 Å². The first kappa shape index (κ1) is 16.1. The molecule has 0 saturated heterocycles. The number of aromatic nitrogens is 2. The minimum atomic E-state index is 0.443. The SMILES string of the molecule is CCOc1c(Cl)cc(Cl)cc1-c1csc(-n2cccc2C=O)n1. The Morgan fingerprint density at radius 1 is 1.39 bits per heavy atom. The zero-order valence-corrected chi connectivity index (χ0v) is 14.5. The maximum absolute atomic E-state index is 11.1. The van der Waals surface area contributed by atoms with Crippen molar-refractivity contribution in [1.82, 2.24) is 9.55 Å². The van der Waals surface area contributed by atoms with Gasteiger partial charge in [0.05, 0.1) is 23.0 Å². The summed E-state index contributed by atoms with van der Waals surface area (Å²) < 4.78 is 7.36. The average Bonchev–Trinajstić information content (AvgIpc) is 3.17. The molecule has 0 spiro atoms. The van der Waals surface area contributed by atoms with Crippen molar-refractivity contribution in [3.63, 3.8) is 0 Å². The Kier molecular flexibility index (Phi) is 4.71. The van der Waals surface area contributed by atoms with E-state index in [-0.39, 0.29) is 0 Å². The molecule has 0 fully saturated rings. The van der Waals surface area contributed by atoms with Crippen molar-refractivity contribution in [3.05, 3.63) is 51.6 Å². The van der Waals surface area contributed by atoms with Crippen LogP contribution < -0.4 is 4.74 Å². The van der Waals surface area contributed by atoms with Gasteiger partial charge in [-0.05, 0) is 31.2 Å². The molecule has 3 rings (SSSR count). The Morgan fingerprint density at radius 2 is 2.22 bits per heavy atom. The van der Waals surface area contributed by atoms with Gasteiger partial charge in [0.1, 0.15) is 5.75 Å². The largest absolute Gasteiger partial charge is 0.492 e. The third kappa shape index (κ3) is 3.13. The lowest BCUT2D eigenvalue weighted by Crippen LogP contribution is -1.98. The Morgan fingerprint density at radius 3 is 2.96 bits per heavy atom.